The fourth-order valence-corrected chi connectivity index (χ4v) is 1.91. The Kier molecular flexibility index (Phi) is 7.21. The molecule has 0 fully saturated rings. The highest BCUT2D eigenvalue weighted by molar-refractivity contribution is 5.97. The number of hydrogen-bond acceptors (Lipinski definition) is 3. The molecule has 0 saturated carbocycles. The van der Waals surface area contributed by atoms with E-state index in [9.17, 15) is 10.1 Å². The fraction of sp³-hybridized carbons (Fsp3) is 0.222. The summed E-state index contributed by atoms with van der Waals surface area (Å²) < 4.78 is 0. The van der Waals surface area contributed by atoms with Crippen LogP contribution >= 0.6 is 0 Å². The number of carbonyl (C=O) groups is 1. The quantitative estimate of drug-likeness (QED) is 0.456. The molecule has 0 aliphatic rings. The second kappa shape index (κ2) is 9.19. The van der Waals surface area contributed by atoms with E-state index in [0.717, 1.165) is 5.56 Å². The number of hydrogen-bond donors (Lipinski definition) is 1. The van der Waals surface area contributed by atoms with Crippen LogP contribution in [0, 0.1) is 11.3 Å². The van der Waals surface area contributed by atoms with Crippen LogP contribution in [0.15, 0.2) is 67.4 Å². The highest BCUT2D eigenvalue weighted by Crippen LogP contribution is 2.11. The highest BCUT2D eigenvalue weighted by atomic mass is 16.2. The lowest BCUT2D eigenvalue weighted by Gasteiger charge is -2.19. The Labute approximate surface area is 132 Å². The van der Waals surface area contributed by atoms with Crippen LogP contribution in [0.3, 0.4) is 0 Å². The standard InChI is InChI=1S/C18H21N3O/c1-4-11-21(12-5-2)18(22)17(13-19)14-20-15(3)16-9-7-6-8-10-16/h4-10,14-15,20H,1-2,11-12H2,3H3/b17-14-. The van der Waals surface area contributed by atoms with Crippen molar-refractivity contribution >= 4 is 5.91 Å². The molecule has 0 aromatic heterocycles. The van der Waals surface area contributed by atoms with E-state index in [4.69, 9.17) is 0 Å². The first-order chi connectivity index (χ1) is 10.6. The Morgan fingerprint density at radius 2 is 1.91 bits per heavy atom. The molecular weight excluding hydrogens is 274 g/mol. The van der Waals surface area contributed by atoms with E-state index in [0.29, 0.717) is 13.1 Å². The maximum atomic E-state index is 12.3. The van der Waals surface area contributed by atoms with Gasteiger partial charge in [-0.15, -0.1) is 13.2 Å². The second-order valence-corrected chi connectivity index (χ2v) is 4.76. The van der Waals surface area contributed by atoms with Gasteiger partial charge in [-0.3, -0.25) is 4.79 Å². The summed E-state index contributed by atoms with van der Waals surface area (Å²) in [7, 11) is 0. The van der Waals surface area contributed by atoms with Crippen LogP contribution in [-0.4, -0.2) is 23.9 Å². The monoisotopic (exact) mass is 295 g/mol. The summed E-state index contributed by atoms with van der Waals surface area (Å²) >= 11 is 0. The van der Waals surface area contributed by atoms with Crippen molar-refractivity contribution in [1.29, 1.82) is 5.26 Å². The average molecular weight is 295 g/mol. The number of nitrogens with one attached hydrogen (secondary N) is 1. The van der Waals surface area contributed by atoms with Gasteiger partial charge in [-0.25, -0.2) is 0 Å². The third-order valence-electron chi connectivity index (χ3n) is 3.11. The molecule has 4 heteroatoms. The maximum Gasteiger partial charge on any atom is 0.266 e. The molecule has 0 heterocycles. The van der Waals surface area contributed by atoms with Crippen LogP contribution in [0.4, 0.5) is 0 Å². The van der Waals surface area contributed by atoms with E-state index in [-0.39, 0.29) is 17.5 Å². The van der Waals surface area contributed by atoms with Crippen molar-refractivity contribution in [3.05, 3.63) is 73.0 Å². The summed E-state index contributed by atoms with van der Waals surface area (Å²) in [4.78, 5) is 13.8. The number of nitriles is 1. The number of carbonyl (C=O) groups excluding carboxylic acids is 1. The summed E-state index contributed by atoms with van der Waals surface area (Å²) in [5, 5.41) is 12.3. The smallest absolute Gasteiger partial charge is 0.266 e. The zero-order valence-corrected chi connectivity index (χ0v) is 12.8. The normalized spacial score (nSPS) is 11.9. The summed E-state index contributed by atoms with van der Waals surface area (Å²) in [6.07, 6.45) is 4.71. The molecule has 0 bridgehead atoms. The Morgan fingerprint density at radius 1 is 1.32 bits per heavy atom. The molecule has 0 aliphatic carbocycles. The average Bonchev–Trinajstić information content (AvgIpc) is 2.55. The van der Waals surface area contributed by atoms with Crippen LogP contribution in [0.1, 0.15) is 18.5 Å². The molecule has 1 aromatic carbocycles. The van der Waals surface area contributed by atoms with Crippen LogP contribution in [0.2, 0.25) is 0 Å². The number of rotatable bonds is 8. The van der Waals surface area contributed by atoms with Gasteiger partial charge in [-0.05, 0) is 12.5 Å². The highest BCUT2D eigenvalue weighted by Gasteiger charge is 2.16. The minimum absolute atomic E-state index is 0.00427. The zero-order valence-electron chi connectivity index (χ0n) is 12.8. The van der Waals surface area contributed by atoms with Crippen molar-refractivity contribution in [3.63, 3.8) is 0 Å². The van der Waals surface area contributed by atoms with Gasteiger partial charge in [-0.2, -0.15) is 5.26 Å². The summed E-state index contributed by atoms with van der Waals surface area (Å²) in [6.45, 7) is 9.95. The molecule has 4 nitrogen and oxygen atoms in total. The van der Waals surface area contributed by atoms with Crippen LogP contribution < -0.4 is 5.32 Å². The lowest BCUT2D eigenvalue weighted by Crippen LogP contribution is -2.32. The zero-order chi connectivity index (χ0) is 16.4. The van der Waals surface area contributed by atoms with E-state index in [1.807, 2.05) is 43.3 Å². The van der Waals surface area contributed by atoms with Crippen LogP contribution in [0.5, 0.6) is 0 Å². The molecule has 114 valence electrons. The summed E-state index contributed by atoms with van der Waals surface area (Å²) in [6, 6.07) is 11.8. The number of nitrogens with zero attached hydrogens (tertiary/aromatic N) is 2. The van der Waals surface area contributed by atoms with Crippen molar-refractivity contribution in [2.75, 3.05) is 13.1 Å². The first-order valence-electron chi connectivity index (χ1n) is 7.06. The third-order valence-corrected chi connectivity index (χ3v) is 3.11. The van der Waals surface area contributed by atoms with Gasteiger partial charge < -0.3 is 10.2 Å². The van der Waals surface area contributed by atoms with Crippen molar-refractivity contribution in [2.24, 2.45) is 0 Å². The van der Waals surface area contributed by atoms with Crippen LogP contribution in [0.25, 0.3) is 0 Å². The van der Waals surface area contributed by atoms with Gasteiger partial charge in [0.05, 0.1) is 0 Å². The molecule has 1 amide bonds. The second-order valence-electron chi connectivity index (χ2n) is 4.76. The molecule has 22 heavy (non-hydrogen) atoms. The minimum Gasteiger partial charge on any atom is -0.383 e. The maximum absolute atomic E-state index is 12.3. The summed E-state index contributed by atoms with van der Waals surface area (Å²) in [5.41, 5.74) is 1.14. The predicted octanol–water partition coefficient (Wildman–Crippen LogP) is 2.95. The first-order valence-corrected chi connectivity index (χ1v) is 7.06. The number of benzene rings is 1. The molecule has 1 unspecified atom stereocenters. The lowest BCUT2D eigenvalue weighted by atomic mass is 10.1. The fourth-order valence-electron chi connectivity index (χ4n) is 1.91. The minimum atomic E-state index is -0.338. The Balaban J connectivity index is 2.81. The molecule has 1 N–H and O–H groups in total. The van der Waals surface area contributed by atoms with Gasteiger partial charge in [0.1, 0.15) is 11.6 Å². The van der Waals surface area contributed by atoms with Crippen molar-refractivity contribution < 1.29 is 4.79 Å². The van der Waals surface area contributed by atoms with Gasteiger partial charge in [0, 0.05) is 25.3 Å². The van der Waals surface area contributed by atoms with Gasteiger partial charge in [0.25, 0.3) is 5.91 Å². The largest absolute Gasteiger partial charge is 0.383 e. The topological polar surface area (TPSA) is 56.1 Å². The van der Waals surface area contributed by atoms with E-state index in [2.05, 4.69) is 18.5 Å². The van der Waals surface area contributed by atoms with Gasteiger partial charge in [0.15, 0.2) is 0 Å². The molecule has 0 aliphatic heterocycles. The van der Waals surface area contributed by atoms with Crippen molar-refractivity contribution in [2.45, 2.75) is 13.0 Å². The molecule has 0 radical (unpaired) electrons. The van der Waals surface area contributed by atoms with Gasteiger partial charge in [-0.1, -0.05) is 42.5 Å². The van der Waals surface area contributed by atoms with Gasteiger partial charge in [0.2, 0.25) is 0 Å². The van der Waals surface area contributed by atoms with Crippen molar-refractivity contribution in [1.82, 2.24) is 10.2 Å². The summed E-state index contributed by atoms with van der Waals surface area (Å²) in [5.74, 6) is -0.338. The Bertz CT molecular complexity index is 574. The molecule has 1 rings (SSSR count). The SMILES string of the molecule is C=CCN(CC=C)C(=O)/C(C#N)=C\NC(C)c1ccccc1. The molecular formula is C18H21N3O. The van der Waals surface area contributed by atoms with E-state index in [1.165, 1.54) is 11.1 Å². The first kappa shape index (κ1) is 17.3. The molecule has 1 atom stereocenters. The predicted molar refractivity (Wildman–Crippen MR) is 88.7 cm³/mol. The molecule has 0 spiro atoms. The lowest BCUT2D eigenvalue weighted by molar-refractivity contribution is -0.125. The number of amides is 1. The third kappa shape index (κ3) is 4.95. The van der Waals surface area contributed by atoms with Crippen LogP contribution in [-0.2, 0) is 4.79 Å². The molecule has 1 aromatic rings. The van der Waals surface area contributed by atoms with E-state index < -0.39 is 0 Å². The van der Waals surface area contributed by atoms with E-state index >= 15 is 0 Å². The molecule has 0 saturated heterocycles. The Morgan fingerprint density at radius 3 is 2.41 bits per heavy atom. The van der Waals surface area contributed by atoms with Gasteiger partial charge >= 0.3 is 0 Å². The Hall–Kier alpha value is -2.80. The van der Waals surface area contributed by atoms with Crippen molar-refractivity contribution in [3.8, 4) is 6.07 Å². The van der Waals surface area contributed by atoms with E-state index in [1.54, 1.807) is 12.2 Å².